The maximum atomic E-state index is 11.0. The summed E-state index contributed by atoms with van der Waals surface area (Å²) in [7, 11) is 0. The largest absolute Gasteiger partial charge is 0.489 e. The lowest BCUT2D eigenvalue weighted by Gasteiger charge is -2.04. The quantitative estimate of drug-likeness (QED) is 0.851. The number of ether oxygens (including phenoxy) is 1. The highest BCUT2D eigenvalue weighted by Crippen LogP contribution is 2.15. The molecule has 2 rings (SSSR count). The van der Waals surface area contributed by atoms with Crippen LogP contribution < -0.4 is 10.5 Å². The Kier molecular flexibility index (Phi) is 2.91. The first-order chi connectivity index (χ1) is 7.77. The molecule has 0 radical (unpaired) electrons. The molecule has 1 heterocycles. The van der Waals surface area contributed by atoms with Gasteiger partial charge in [0.2, 0.25) is 0 Å². The summed E-state index contributed by atoms with van der Waals surface area (Å²) in [6, 6.07) is 11.0. The van der Waals surface area contributed by atoms with Gasteiger partial charge in [0, 0.05) is 5.56 Å². The van der Waals surface area contributed by atoms with E-state index in [1.54, 1.807) is 6.07 Å². The van der Waals surface area contributed by atoms with Gasteiger partial charge in [-0.05, 0) is 18.2 Å². The van der Waals surface area contributed by atoms with Gasteiger partial charge in [-0.1, -0.05) is 18.2 Å². The highest BCUT2D eigenvalue weighted by Gasteiger charge is 2.11. The Bertz CT molecular complexity index is 476. The molecule has 0 saturated carbocycles. The van der Waals surface area contributed by atoms with Gasteiger partial charge in [-0.2, -0.15) is 0 Å². The number of furan rings is 1. The summed E-state index contributed by atoms with van der Waals surface area (Å²) < 4.78 is 10.4. The van der Waals surface area contributed by atoms with E-state index in [0.717, 1.165) is 5.75 Å². The predicted octanol–water partition coefficient (Wildman–Crippen LogP) is 1.96. The molecule has 1 amide bonds. The van der Waals surface area contributed by atoms with Crippen molar-refractivity contribution in [2.45, 2.75) is 6.61 Å². The Morgan fingerprint density at radius 1 is 1.25 bits per heavy atom. The number of hydrogen-bond acceptors (Lipinski definition) is 3. The zero-order valence-electron chi connectivity index (χ0n) is 8.55. The number of para-hydroxylation sites is 1. The molecule has 1 aromatic heterocycles. The van der Waals surface area contributed by atoms with Crippen molar-refractivity contribution in [2.24, 2.45) is 5.73 Å². The van der Waals surface area contributed by atoms with Crippen molar-refractivity contribution in [3.05, 3.63) is 54.0 Å². The molecule has 0 saturated heterocycles. The third-order valence-corrected chi connectivity index (χ3v) is 2.11. The van der Waals surface area contributed by atoms with Crippen LogP contribution in [0.15, 0.2) is 47.1 Å². The first kappa shape index (κ1) is 10.3. The van der Waals surface area contributed by atoms with E-state index in [0.29, 0.717) is 5.56 Å². The van der Waals surface area contributed by atoms with Crippen LogP contribution in [0.1, 0.15) is 16.1 Å². The minimum absolute atomic E-state index is 0.149. The van der Waals surface area contributed by atoms with Crippen LogP contribution in [-0.4, -0.2) is 5.91 Å². The minimum atomic E-state index is -0.586. The second-order valence-electron chi connectivity index (χ2n) is 3.24. The van der Waals surface area contributed by atoms with E-state index < -0.39 is 5.91 Å². The standard InChI is InChI=1S/C12H11NO3/c13-12(14)11-9(6-7-15-11)8-16-10-4-2-1-3-5-10/h1-7H,8H2,(H2,13,14). The van der Waals surface area contributed by atoms with E-state index in [4.69, 9.17) is 14.9 Å². The molecule has 0 bridgehead atoms. The third-order valence-electron chi connectivity index (χ3n) is 2.11. The van der Waals surface area contributed by atoms with Crippen LogP contribution >= 0.6 is 0 Å². The molecule has 4 heteroatoms. The number of carbonyl (C=O) groups is 1. The molecule has 2 N–H and O–H groups in total. The van der Waals surface area contributed by atoms with Crippen molar-refractivity contribution in [1.29, 1.82) is 0 Å². The second kappa shape index (κ2) is 4.53. The third kappa shape index (κ3) is 2.23. The fraction of sp³-hybridized carbons (Fsp3) is 0.0833. The fourth-order valence-corrected chi connectivity index (χ4v) is 1.34. The maximum Gasteiger partial charge on any atom is 0.284 e. The topological polar surface area (TPSA) is 65.5 Å². The van der Waals surface area contributed by atoms with Crippen molar-refractivity contribution < 1.29 is 13.9 Å². The number of carbonyl (C=O) groups excluding carboxylic acids is 1. The van der Waals surface area contributed by atoms with Crippen molar-refractivity contribution >= 4 is 5.91 Å². The number of amides is 1. The highest BCUT2D eigenvalue weighted by molar-refractivity contribution is 5.91. The number of benzene rings is 1. The van der Waals surface area contributed by atoms with Gasteiger partial charge in [-0.3, -0.25) is 4.79 Å². The summed E-state index contributed by atoms with van der Waals surface area (Å²) in [5.41, 5.74) is 5.79. The summed E-state index contributed by atoms with van der Waals surface area (Å²) in [4.78, 5) is 11.0. The van der Waals surface area contributed by atoms with Crippen molar-refractivity contribution in [3.8, 4) is 5.75 Å². The molecule has 0 aliphatic carbocycles. The zero-order valence-corrected chi connectivity index (χ0v) is 8.55. The lowest BCUT2D eigenvalue weighted by Crippen LogP contribution is -2.12. The second-order valence-corrected chi connectivity index (χ2v) is 3.24. The Morgan fingerprint density at radius 3 is 2.69 bits per heavy atom. The van der Waals surface area contributed by atoms with Gasteiger partial charge in [0.1, 0.15) is 12.4 Å². The first-order valence-electron chi connectivity index (χ1n) is 4.81. The van der Waals surface area contributed by atoms with Crippen LogP contribution in [-0.2, 0) is 6.61 Å². The van der Waals surface area contributed by atoms with Gasteiger partial charge >= 0.3 is 0 Å². The smallest absolute Gasteiger partial charge is 0.284 e. The molecular formula is C12H11NO3. The van der Waals surface area contributed by atoms with Gasteiger partial charge in [0.15, 0.2) is 5.76 Å². The van der Waals surface area contributed by atoms with Crippen molar-refractivity contribution in [1.82, 2.24) is 0 Å². The van der Waals surface area contributed by atoms with E-state index in [1.807, 2.05) is 30.3 Å². The van der Waals surface area contributed by atoms with E-state index in [-0.39, 0.29) is 12.4 Å². The molecule has 1 aromatic carbocycles. The molecule has 0 aliphatic heterocycles. The van der Waals surface area contributed by atoms with Gasteiger partial charge < -0.3 is 14.9 Å². The summed E-state index contributed by atoms with van der Waals surface area (Å²) >= 11 is 0. The van der Waals surface area contributed by atoms with Gasteiger partial charge in [-0.25, -0.2) is 0 Å². The normalized spacial score (nSPS) is 10.0. The van der Waals surface area contributed by atoms with Crippen molar-refractivity contribution in [2.75, 3.05) is 0 Å². The fourth-order valence-electron chi connectivity index (χ4n) is 1.34. The lowest BCUT2D eigenvalue weighted by molar-refractivity contribution is 0.0970. The van der Waals surface area contributed by atoms with Crippen LogP contribution in [0.25, 0.3) is 0 Å². The minimum Gasteiger partial charge on any atom is -0.489 e. The van der Waals surface area contributed by atoms with E-state index in [2.05, 4.69) is 0 Å². The van der Waals surface area contributed by atoms with Gasteiger partial charge in [-0.15, -0.1) is 0 Å². The van der Waals surface area contributed by atoms with Gasteiger partial charge in [0.05, 0.1) is 6.26 Å². The summed E-state index contributed by atoms with van der Waals surface area (Å²) in [5.74, 6) is 0.298. The number of nitrogens with two attached hydrogens (primary N) is 1. The van der Waals surface area contributed by atoms with Gasteiger partial charge in [0.25, 0.3) is 5.91 Å². The monoisotopic (exact) mass is 217 g/mol. The van der Waals surface area contributed by atoms with Crippen LogP contribution in [0.3, 0.4) is 0 Å². The van der Waals surface area contributed by atoms with Crippen LogP contribution in [0, 0.1) is 0 Å². The number of hydrogen-bond donors (Lipinski definition) is 1. The number of primary amides is 1. The summed E-state index contributed by atoms with van der Waals surface area (Å²) in [6.45, 7) is 0.263. The molecule has 4 nitrogen and oxygen atoms in total. The average Bonchev–Trinajstić information content (AvgIpc) is 2.76. The van der Waals surface area contributed by atoms with E-state index in [9.17, 15) is 4.79 Å². The predicted molar refractivity (Wildman–Crippen MR) is 58.0 cm³/mol. The molecule has 16 heavy (non-hydrogen) atoms. The lowest BCUT2D eigenvalue weighted by atomic mass is 10.2. The van der Waals surface area contributed by atoms with E-state index in [1.165, 1.54) is 6.26 Å². The Balaban J connectivity index is 2.05. The Morgan fingerprint density at radius 2 is 2.00 bits per heavy atom. The molecule has 0 aliphatic rings. The molecule has 2 aromatic rings. The van der Waals surface area contributed by atoms with Crippen molar-refractivity contribution in [3.63, 3.8) is 0 Å². The molecule has 0 unspecified atom stereocenters. The Hall–Kier alpha value is -2.23. The van der Waals surface area contributed by atoms with Crippen LogP contribution in [0.5, 0.6) is 5.75 Å². The molecule has 0 spiro atoms. The summed E-state index contributed by atoms with van der Waals surface area (Å²) in [6.07, 6.45) is 1.42. The number of rotatable bonds is 4. The Labute approximate surface area is 92.6 Å². The van der Waals surface area contributed by atoms with Crippen LogP contribution in [0.2, 0.25) is 0 Å². The maximum absolute atomic E-state index is 11.0. The van der Waals surface area contributed by atoms with E-state index >= 15 is 0 Å². The molecular weight excluding hydrogens is 206 g/mol. The first-order valence-corrected chi connectivity index (χ1v) is 4.81. The molecule has 0 atom stereocenters. The molecule has 0 fully saturated rings. The molecule has 82 valence electrons. The average molecular weight is 217 g/mol. The zero-order chi connectivity index (χ0) is 11.4. The van der Waals surface area contributed by atoms with Crippen LogP contribution in [0.4, 0.5) is 0 Å². The highest BCUT2D eigenvalue weighted by atomic mass is 16.5. The summed E-state index contributed by atoms with van der Waals surface area (Å²) in [5, 5.41) is 0. The SMILES string of the molecule is NC(=O)c1occc1COc1ccccc1.